The van der Waals surface area contributed by atoms with Gasteiger partial charge in [-0.1, -0.05) is 11.6 Å². The van der Waals surface area contributed by atoms with Gasteiger partial charge >= 0.3 is 0 Å². The van der Waals surface area contributed by atoms with E-state index in [1.807, 2.05) is 0 Å². The SMILES string of the molecule is Nc1cc(S(=O)(=O)NC2CC2)ccc1Cl. The smallest absolute Gasteiger partial charge is 0.240 e. The van der Waals surface area contributed by atoms with Crippen molar-refractivity contribution in [2.24, 2.45) is 0 Å². The van der Waals surface area contributed by atoms with Crippen molar-refractivity contribution in [1.29, 1.82) is 0 Å². The van der Waals surface area contributed by atoms with Gasteiger partial charge in [0.1, 0.15) is 0 Å². The van der Waals surface area contributed by atoms with Crippen molar-refractivity contribution in [3.8, 4) is 0 Å². The lowest BCUT2D eigenvalue weighted by Crippen LogP contribution is -2.25. The number of hydrogen-bond acceptors (Lipinski definition) is 3. The molecule has 4 nitrogen and oxygen atoms in total. The van der Waals surface area contributed by atoms with Crippen molar-refractivity contribution in [2.75, 3.05) is 5.73 Å². The fraction of sp³-hybridized carbons (Fsp3) is 0.333. The van der Waals surface area contributed by atoms with E-state index in [1.54, 1.807) is 0 Å². The van der Waals surface area contributed by atoms with E-state index < -0.39 is 10.0 Å². The van der Waals surface area contributed by atoms with Gasteiger partial charge in [-0.3, -0.25) is 0 Å². The zero-order chi connectivity index (χ0) is 11.1. The number of nitrogens with one attached hydrogen (secondary N) is 1. The minimum absolute atomic E-state index is 0.0897. The second-order valence-corrected chi connectivity index (χ2v) is 5.70. The molecule has 15 heavy (non-hydrogen) atoms. The number of nitrogens with two attached hydrogens (primary N) is 1. The molecule has 6 heteroatoms. The Bertz CT molecular complexity index is 483. The molecule has 2 rings (SSSR count). The fourth-order valence-corrected chi connectivity index (χ4v) is 2.64. The van der Waals surface area contributed by atoms with E-state index >= 15 is 0 Å². The molecule has 1 aliphatic rings. The summed E-state index contributed by atoms with van der Waals surface area (Å²) in [4.78, 5) is 0.163. The summed E-state index contributed by atoms with van der Waals surface area (Å²) < 4.78 is 26.0. The van der Waals surface area contributed by atoms with Crippen LogP contribution in [-0.4, -0.2) is 14.5 Å². The van der Waals surface area contributed by atoms with Crippen molar-refractivity contribution >= 4 is 27.3 Å². The van der Waals surface area contributed by atoms with Crippen LogP contribution in [0.5, 0.6) is 0 Å². The predicted octanol–water partition coefficient (Wildman–Crippen LogP) is 1.36. The van der Waals surface area contributed by atoms with Crippen LogP contribution in [0.25, 0.3) is 0 Å². The van der Waals surface area contributed by atoms with Gasteiger partial charge in [0.05, 0.1) is 15.6 Å². The first-order valence-electron chi connectivity index (χ1n) is 4.56. The number of sulfonamides is 1. The van der Waals surface area contributed by atoms with Crippen molar-refractivity contribution in [3.05, 3.63) is 23.2 Å². The highest BCUT2D eigenvalue weighted by Gasteiger charge is 2.28. The molecule has 1 saturated carbocycles. The van der Waals surface area contributed by atoms with Gasteiger partial charge in [-0.2, -0.15) is 0 Å². The summed E-state index contributed by atoms with van der Waals surface area (Å²) in [5.41, 5.74) is 5.81. The number of hydrogen-bond donors (Lipinski definition) is 2. The molecule has 0 saturated heterocycles. The van der Waals surface area contributed by atoms with Crippen molar-refractivity contribution in [1.82, 2.24) is 4.72 Å². The highest BCUT2D eigenvalue weighted by atomic mass is 35.5. The van der Waals surface area contributed by atoms with Crippen LogP contribution >= 0.6 is 11.6 Å². The molecule has 1 fully saturated rings. The molecule has 0 bridgehead atoms. The zero-order valence-corrected chi connectivity index (χ0v) is 9.48. The summed E-state index contributed by atoms with van der Waals surface area (Å²) in [6, 6.07) is 4.39. The molecule has 0 aromatic heterocycles. The van der Waals surface area contributed by atoms with E-state index in [9.17, 15) is 8.42 Å². The third-order valence-corrected chi connectivity index (χ3v) is 4.04. The third kappa shape index (κ3) is 2.42. The fourth-order valence-electron chi connectivity index (χ4n) is 1.18. The molecule has 1 aliphatic carbocycles. The molecule has 3 N–H and O–H groups in total. The van der Waals surface area contributed by atoms with E-state index in [0.29, 0.717) is 5.02 Å². The van der Waals surface area contributed by atoms with Crippen LogP contribution in [0.15, 0.2) is 23.1 Å². The summed E-state index contributed by atoms with van der Waals surface area (Å²) in [5.74, 6) is 0. The second kappa shape index (κ2) is 3.66. The Hall–Kier alpha value is -0.780. The molecule has 0 unspecified atom stereocenters. The second-order valence-electron chi connectivity index (χ2n) is 3.58. The largest absolute Gasteiger partial charge is 0.397 e. The van der Waals surface area contributed by atoms with Gasteiger partial charge < -0.3 is 5.73 Å². The average Bonchev–Trinajstić information content (AvgIpc) is 2.92. The van der Waals surface area contributed by atoms with E-state index in [-0.39, 0.29) is 16.6 Å². The Morgan fingerprint density at radius 2 is 2.07 bits per heavy atom. The van der Waals surface area contributed by atoms with Gasteiger partial charge in [-0.15, -0.1) is 0 Å². The van der Waals surface area contributed by atoms with Crippen LogP contribution in [0.1, 0.15) is 12.8 Å². The lowest BCUT2D eigenvalue weighted by Gasteiger charge is -2.06. The van der Waals surface area contributed by atoms with Crippen LogP contribution in [-0.2, 0) is 10.0 Å². The molecule has 82 valence electrons. The molecule has 0 spiro atoms. The molecule has 1 aromatic carbocycles. The summed E-state index contributed by atoms with van der Waals surface area (Å²) in [5, 5.41) is 0.361. The maximum Gasteiger partial charge on any atom is 0.240 e. The molecular formula is C9H11ClN2O2S. The zero-order valence-electron chi connectivity index (χ0n) is 7.90. The van der Waals surface area contributed by atoms with Gasteiger partial charge in [0.25, 0.3) is 0 Å². The van der Waals surface area contributed by atoms with Crippen molar-refractivity contribution in [2.45, 2.75) is 23.8 Å². The molecule has 0 heterocycles. The number of halogens is 1. The topological polar surface area (TPSA) is 72.2 Å². The standard InChI is InChI=1S/C9H11ClN2O2S/c10-8-4-3-7(5-9(8)11)15(13,14)12-6-1-2-6/h3-6,12H,1-2,11H2. The molecule has 0 amide bonds. The van der Waals surface area contributed by atoms with E-state index in [0.717, 1.165) is 12.8 Å². The normalized spacial score (nSPS) is 16.6. The predicted molar refractivity (Wildman–Crippen MR) is 59.2 cm³/mol. The maximum absolute atomic E-state index is 11.7. The Morgan fingerprint density at radius 3 is 2.60 bits per heavy atom. The van der Waals surface area contributed by atoms with E-state index in [4.69, 9.17) is 17.3 Å². The van der Waals surface area contributed by atoms with Gasteiger partial charge in [-0.25, -0.2) is 13.1 Å². The lowest BCUT2D eigenvalue weighted by molar-refractivity contribution is 0.581. The minimum atomic E-state index is -3.42. The number of rotatable bonds is 3. The summed E-state index contributed by atoms with van der Waals surface area (Å²) >= 11 is 5.71. The van der Waals surface area contributed by atoms with Crippen LogP contribution in [0.3, 0.4) is 0 Å². The van der Waals surface area contributed by atoms with Crippen LogP contribution in [0, 0.1) is 0 Å². The van der Waals surface area contributed by atoms with Crippen LogP contribution < -0.4 is 10.5 Å². The monoisotopic (exact) mass is 246 g/mol. The highest BCUT2D eigenvalue weighted by Crippen LogP contribution is 2.25. The Labute approximate surface area is 93.5 Å². The molecule has 0 aliphatic heterocycles. The average molecular weight is 247 g/mol. The molecule has 0 atom stereocenters. The number of benzene rings is 1. The first kappa shape index (κ1) is 10.7. The van der Waals surface area contributed by atoms with Crippen LogP contribution in [0.2, 0.25) is 5.02 Å². The highest BCUT2D eigenvalue weighted by molar-refractivity contribution is 7.89. The third-order valence-electron chi connectivity index (χ3n) is 2.18. The molecular weight excluding hydrogens is 236 g/mol. The Balaban J connectivity index is 2.31. The van der Waals surface area contributed by atoms with Crippen molar-refractivity contribution < 1.29 is 8.42 Å². The minimum Gasteiger partial charge on any atom is -0.397 e. The Kier molecular flexibility index (Phi) is 2.62. The number of nitrogen functional groups attached to an aromatic ring is 1. The van der Waals surface area contributed by atoms with Gasteiger partial charge in [0, 0.05) is 6.04 Å². The first-order chi connectivity index (χ1) is 6.99. The maximum atomic E-state index is 11.7. The first-order valence-corrected chi connectivity index (χ1v) is 6.42. The van der Waals surface area contributed by atoms with Gasteiger partial charge in [0.2, 0.25) is 10.0 Å². The van der Waals surface area contributed by atoms with Gasteiger partial charge in [0.15, 0.2) is 0 Å². The van der Waals surface area contributed by atoms with Crippen molar-refractivity contribution in [3.63, 3.8) is 0 Å². The van der Waals surface area contributed by atoms with E-state index in [2.05, 4.69) is 4.72 Å². The summed E-state index contributed by atoms with van der Waals surface area (Å²) in [7, 11) is -3.42. The number of anilines is 1. The Morgan fingerprint density at radius 1 is 1.40 bits per heavy atom. The lowest BCUT2D eigenvalue weighted by atomic mass is 10.3. The summed E-state index contributed by atoms with van der Waals surface area (Å²) in [6.07, 6.45) is 1.81. The molecule has 0 radical (unpaired) electrons. The summed E-state index contributed by atoms with van der Waals surface area (Å²) in [6.45, 7) is 0. The van der Waals surface area contributed by atoms with E-state index in [1.165, 1.54) is 18.2 Å². The molecule has 1 aromatic rings. The van der Waals surface area contributed by atoms with Gasteiger partial charge in [-0.05, 0) is 31.0 Å². The quantitative estimate of drug-likeness (QED) is 0.791. The van der Waals surface area contributed by atoms with Crippen LogP contribution in [0.4, 0.5) is 5.69 Å².